The summed E-state index contributed by atoms with van der Waals surface area (Å²) in [6.07, 6.45) is 3.49. The zero-order chi connectivity index (χ0) is 20.5. The first-order valence-electron chi connectivity index (χ1n) is 9.56. The van der Waals surface area contributed by atoms with Crippen molar-refractivity contribution in [2.75, 3.05) is 20.3 Å². The molecule has 0 bridgehead atoms. The molecule has 150 valence electrons. The smallest absolute Gasteiger partial charge is 0.262 e. The van der Waals surface area contributed by atoms with Gasteiger partial charge >= 0.3 is 0 Å². The normalized spacial score (nSPS) is 16.1. The topological polar surface area (TPSA) is 80.6 Å². The monoisotopic (exact) mass is 392 g/mol. The van der Waals surface area contributed by atoms with Gasteiger partial charge in [-0.3, -0.25) is 4.79 Å². The molecule has 1 aliphatic rings. The van der Waals surface area contributed by atoms with Crippen LogP contribution in [0.15, 0.2) is 54.1 Å². The van der Waals surface area contributed by atoms with Gasteiger partial charge < -0.3 is 19.5 Å². The molecule has 0 aromatic heterocycles. The van der Waals surface area contributed by atoms with Crippen LogP contribution >= 0.6 is 0 Å². The van der Waals surface area contributed by atoms with Crippen molar-refractivity contribution >= 4 is 12.0 Å². The lowest BCUT2D eigenvalue weighted by molar-refractivity contribution is -0.117. The third-order valence-electron chi connectivity index (χ3n) is 4.62. The van der Waals surface area contributed by atoms with Crippen LogP contribution in [0.4, 0.5) is 0 Å². The average molecular weight is 392 g/mol. The molecular formula is C23H24N2O4. The Labute approximate surface area is 170 Å². The van der Waals surface area contributed by atoms with Crippen molar-refractivity contribution in [3.8, 4) is 17.6 Å². The van der Waals surface area contributed by atoms with E-state index in [4.69, 9.17) is 14.2 Å². The van der Waals surface area contributed by atoms with E-state index < -0.39 is 5.91 Å². The van der Waals surface area contributed by atoms with Crippen molar-refractivity contribution in [3.05, 3.63) is 65.2 Å². The van der Waals surface area contributed by atoms with Crippen LogP contribution in [0.2, 0.25) is 0 Å². The van der Waals surface area contributed by atoms with Gasteiger partial charge in [0.15, 0.2) is 11.5 Å². The molecule has 6 heteroatoms. The highest BCUT2D eigenvalue weighted by atomic mass is 16.5. The van der Waals surface area contributed by atoms with E-state index in [-0.39, 0.29) is 11.7 Å². The zero-order valence-electron chi connectivity index (χ0n) is 16.4. The number of nitrogens with one attached hydrogen (secondary N) is 1. The molecule has 2 aromatic carbocycles. The highest BCUT2D eigenvalue weighted by Gasteiger charge is 2.17. The Bertz CT molecular complexity index is 897. The number of hydrogen-bond donors (Lipinski definition) is 1. The van der Waals surface area contributed by atoms with E-state index in [0.717, 1.165) is 25.0 Å². The number of methoxy groups -OCH3 is 1. The number of nitrogens with zero attached hydrogens (tertiary/aromatic N) is 1. The third kappa shape index (κ3) is 5.84. The minimum Gasteiger partial charge on any atom is -0.493 e. The van der Waals surface area contributed by atoms with Gasteiger partial charge in [-0.2, -0.15) is 5.26 Å². The van der Waals surface area contributed by atoms with Crippen molar-refractivity contribution < 1.29 is 19.0 Å². The fourth-order valence-electron chi connectivity index (χ4n) is 3.05. The van der Waals surface area contributed by atoms with E-state index in [2.05, 4.69) is 5.32 Å². The van der Waals surface area contributed by atoms with Crippen molar-refractivity contribution in [2.45, 2.75) is 25.6 Å². The van der Waals surface area contributed by atoms with Gasteiger partial charge in [-0.25, -0.2) is 0 Å². The molecule has 0 radical (unpaired) electrons. The lowest BCUT2D eigenvalue weighted by atomic mass is 10.1. The second-order valence-corrected chi connectivity index (χ2v) is 6.70. The van der Waals surface area contributed by atoms with Crippen molar-refractivity contribution in [1.29, 1.82) is 5.26 Å². The summed E-state index contributed by atoms with van der Waals surface area (Å²) in [5.41, 5.74) is 1.74. The number of hydrogen-bond acceptors (Lipinski definition) is 5. The lowest BCUT2D eigenvalue weighted by Gasteiger charge is -2.12. The summed E-state index contributed by atoms with van der Waals surface area (Å²) in [6, 6.07) is 17.0. The summed E-state index contributed by atoms with van der Waals surface area (Å²) < 4.78 is 16.7. The highest BCUT2D eigenvalue weighted by Crippen LogP contribution is 2.29. The van der Waals surface area contributed by atoms with Crippen LogP contribution in [0.25, 0.3) is 6.08 Å². The molecule has 1 fully saturated rings. The van der Waals surface area contributed by atoms with E-state index in [0.29, 0.717) is 30.2 Å². The summed E-state index contributed by atoms with van der Waals surface area (Å²) in [4.78, 5) is 12.3. The molecule has 1 amide bonds. The maximum atomic E-state index is 12.3. The van der Waals surface area contributed by atoms with E-state index >= 15 is 0 Å². The quantitative estimate of drug-likeness (QED) is 0.550. The lowest BCUT2D eigenvalue weighted by Crippen LogP contribution is -2.32. The Morgan fingerprint density at radius 3 is 2.79 bits per heavy atom. The van der Waals surface area contributed by atoms with Gasteiger partial charge in [0, 0.05) is 13.2 Å². The molecule has 3 rings (SSSR count). The van der Waals surface area contributed by atoms with Gasteiger partial charge in [0.05, 0.1) is 13.2 Å². The van der Waals surface area contributed by atoms with E-state index in [1.165, 1.54) is 0 Å². The Hall–Kier alpha value is -3.30. The van der Waals surface area contributed by atoms with Crippen molar-refractivity contribution in [2.24, 2.45) is 0 Å². The van der Waals surface area contributed by atoms with E-state index in [1.807, 2.05) is 36.4 Å². The summed E-state index contributed by atoms with van der Waals surface area (Å²) in [6.45, 7) is 1.52. The summed E-state index contributed by atoms with van der Waals surface area (Å²) in [5.74, 6) is 0.715. The Balaban J connectivity index is 1.70. The van der Waals surface area contributed by atoms with Gasteiger partial charge in [0.1, 0.15) is 18.2 Å². The Kier molecular flexibility index (Phi) is 7.26. The van der Waals surface area contributed by atoms with Gasteiger partial charge in [0.25, 0.3) is 5.91 Å². The summed E-state index contributed by atoms with van der Waals surface area (Å²) in [7, 11) is 1.57. The standard InChI is InChI=1S/C23H24N2O4/c1-27-21-10-9-18(13-22(21)29-16-17-6-3-2-4-7-17)12-19(14-24)23(26)25-15-20-8-5-11-28-20/h2-4,6-7,9-10,12-13,20H,5,8,11,15-16H2,1H3,(H,25,26). The summed E-state index contributed by atoms with van der Waals surface area (Å²) in [5, 5.41) is 12.2. The molecule has 1 unspecified atom stereocenters. The second-order valence-electron chi connectivity index (χ2n) is 6.70. The van der Waals surface area contributed by atoms with Crippen molar-refractivity contribution in [3.63, 3.8) is 0 Å². The molecule has 1 aliphatic heterocycles. The number of carbonyl (C=O) groups excluding carboxylic acids is 1. The highest BCUT2D eigenvalue weighted by molar-refractivity contribution is 6.01. The van der Waals surface area contributed by atoms with Crippen LogP contribution in [-0.2, 0) is 16.1 Å². The SMILES string of the molecule is COc1ccc(C=C(C#N)C(=O)NCC2CCCO2)cc1OCc1ccccc1. The fourth-order valence-corrected chi connectivity index (χ4v) is 3.05. The van der Waals surface area contributed by atoms with Crippen LogP contribution in [0.3, 0.4) is 0 Å². The van der Waals surface area contributed by atoms with Crippen LogP contribution in [0.5, 0.6) is 11.5 Å². The van der Waals surface area contributed by atoms with Crippen LogP contribution < -0.4 is 14.8 Å². The molecule has 2 aromatic rings. The van der Waals surface area contributed by atoms with E-state index in [9.17, 15) is 10.1 Å². The molecular weight excluding hydrogens is 368 g/mol. The number of amides is 1. The van der Waals surface area contributed by atoms with Gasteiger partial charge in [-0.15, -0.1) is 0 Å². The average Bonchev–Trinajstić information content (AvgIpc) is 3.29. The van der Waals surface area contributed by atoms with Crippen LogP contribution in [0, 0.1) is 11.3 Å². The largest absolute Gasteiger partial charge is 0.493 e. The minimum atomic E-state index is -0.412. The number of rotatable bonds is 8. The van der Waals surface area contributed by atoms with Gasteiger partial charge in [0.2, 0.25) is 0 Å². The molecule has 0 spiro atoms. The number of nitriles is 1. The maximum absolute atomic E-state index is 12.3. The molecule has 1 N–H and O–H groups in total. The first kappa shape index (κ1) is 20.4. The molecule has 6 nitrogen and oxygen atoms in total. The molecule has 0 saturated carbocycles. The Morgan fingerprint density at radius 1 is 1.28 bits per heavy atom. The predicted molar refractivity (Wildman–Crippen MR) is 109 cm³/mol. The summed E-state index contributed by atoms with van der Waals surface area (Å²) >= 11 is 0. The maximum Gasteiger partial charge on any atom is 0.262 e. The van der Waals surface area contributed by atoms with Crippen molar-refractivity contribution in [1.82, 2.24) is 5.32 Å². The molecule has 29 heavy (non-hydrogen) atoms. The molecule has 1 heterocycles. The number of benzene rings is 2. The van der Waals surface area contributed by atoms with Crippen LogP contribution in [-0.4, -0.2) is 32.3 Å². The minimum absolute atomic E-state index is 0.0258. The third-order valence-corrected chi connectivity index (χ3v) is 4.62. The van der Waals surface area contributed by atoms with Crippen LogP contribution in [0.1, 0.15) is 24.0 Å². The Morgan fingerprint density at radius 2 is 2.10 bits per heavy atom. The molecule has 1 atom stereocenters. The molecule has 0 aliphatic carbocycles. The van der Waals surface area contributed by atoms with Gasteiger partial charge in [-0.05, 0) is 42.2 Å². The fraction of sp³-hybridized carbons (Fsp3) is 0.304. The number of ether oxygens (including phenoxy) is 3. The first-order valence-corrected chi connectivity index (χ1v) is 9.56. The zero-order valence-corrected chi connectivity index (χ0v) is 16.4. The van der Waals surface area contributed by atoms with E-state index in [1.54, 1.807) is 31.4 Å². The van der Waals surface area contributed by atoms with Gasteiger partial charge in [-0.1, -0.05) is 36.4 Å². The number of carbonyl (C=O) groups is 1. The molecule has 1 saturated heterocycles. The second kappa shape index (κ2) is 10.3. The first-order chi connectivity index (χ1) is 14.2. The predicted octanol–water partition coefficient (Wildman–Crippen LogP) is 3.48.